The lowest BCUT2D eigenvalue weighted by molar-refractivity contribution is -0.138. The Morgan fingerprint density at radius 3 is 1.21 bits per heavy atom. The van der Waals surface area contributed by atoms with Crippen molar-refractivity contribution in [1.82, 2.24) is 0 Å². The molecule has 0 aromatic heterocycles. The minimum atomic E-state index is -3.44. The summed E-state index contributed by atoms with van der Waals surface area (Å²) in [6, 6.07) is 0. The summed E-state index contributed by atoms with van der Waals surface area (Å²) >= 11 is 0. The van der Waals surface area contributed by atoms with E-state index in [1.54, 1.807) is 0 Å². The molecule has 0 spiro atoms. The predicted molar refractivity (Wildman–Crippen MR) is 68.9 cm³/mol. The summed E-state index contributed by atoms with van der Waals surface area (Å²) in [5, 5.41) is 18.0. The van der Waals surface area contributed by atoms with Crippen LogP contribution < -0.4 is 0 Å². The SMILES string of the molecule is O=C(O)c1c(F)c(F)c(F)c(F)c1C(C(=O)O)c1c(F)c(F)c(F)c(F)c1F. The summed E-state index contributed by atoms with van der Waals surface area (Å²) in [7, 11) is 0. The molecular formula is C15H3F9O4. The van der Waals surface area contributed by atoms with Gasteiger partial charge in [-0.3, -0.25) is 4.79 Å². The van der Waals surface area contributed by atoms with Gasteiger partial charge in [-0.1, -0.05) is 0 Å². The van der Waals surface area contributed by atoms with Crippen molar-refractivity contribution in [1.29, 1.82) is 0 Å². The number of aromatic carboxylic acids is 1. The van der Waals surface area contributed by atoms with Crippen molar-refractivity contribution in [2.45, 2.75) is 5.92 Å². The number of hydrogen-bond donors (Lipinski definition) is 2. The Kier molecular flexibility index (Phi) is 5.30. The number of carboxylic acid groups (broad SMARTS) is 2. The van der Waals surface area contributed by atoms with Gasteiger partial charge in [-0.2, -0.15) is 0 Å². The molecule has 0 heterocycles. The second-order valence-electron chi connectivity index (χ2n) is 5.10. The fourth-order valence-electron chi connectivity index (χ4n) is 2.40. The van der Waals surface area contributed by atoms with Crippen LogP contribution >= 0.6 is 0 Å². The first-order chi connectivity index (χ1) is 12.8. The first kappa shape index (κ1) is 21.1. The van der Waals surface area contributed by atoms with Crippen LogP contribution in [0.1, 0.15) is 27.4 Å². The maximum atomic E-state index is 14.1. The van der Waals surface area contributed by atoms with Gasteiger partial charge in [0.2, 0.25) is 5.82 Å². The van der Waals surface area contributed by atoms with E-state index >= 15 is 0 Å². The van der Waals surface area contributed by atoms with Crippen LogP contribution in [0.4, 0.5) is 39.5 Å². The molecule has 2 aromatic carbocycles. The standard InChI is InChI=1S/C15H3F9O4/c16-5-1(4(15(27)28)8(19)12(23)9(5)20)2(14(25)26)3-6(17)10(21)13(24)11(22)7(3)18/h2H,(H,25,26)(H,27,28). The highest BCUT2D eigenvalue weighted by molar-refractivity contribution is 5.93. The Balaban J connectivity index is 3.09. The van der Waals surface area contributed by atoms with Crippen molar-refractivity contribution >= 4 is 11.9 Å². The van der Waals surface area contributed by atoms with E-state index in [1.165, 1.54) is 0 Å². The number of rotatable bonds is 4. The molecule has 2 rings (SSSR count). The van der Waals surface area contributed by atoms with Crippen molar-refractivity contribution in [2.24, 2.45) is 0 Å². The zero-order valence-corrected chi connectivity index (χ0v) is 12.7. The predicted octanol–water partition coefficient (Wildman–Crippen LogP) is 3.85. The molecule has 0 fully saturated rings. The minimum absolute atomic E-state index is 2.19. The lowest BCUT2D eigenvalue weighted by atomic mass is 9.86. The van der Waals surface area contributed by atoms with E-state index in [9.17, 15) is 49.1 Å². The Labute approximate surface area is 147 Å². The maximum Gasteiger partial charge on any atom is 0.339 e. The van der Waals surface area contributed by atoms with Gasteiger partial charge in [0, 0.05) is 11.1 Å². The molecule has 4 nitrogen and oxygen atoms in total. The molecule has 0 amide bonds. The van der Waals surface area contributed by atoms with Crippen LogP contribution in [0.25, 0.3) is 0 Å². The van der Waals surface area contributed by atoms with E-state index in [0.717, 1.165) is 0 Å². The van der Waals surface area contributed by atoms with E-state index in [4.69, 9.17) is 10.2 Å². The maximum absolute atomic E-state index is 14.1. The number of hydrogen-bond acceptors (Lipinski definition) is 2. The smallest absolute Gasteiger partial charge is 0.339 e. The third kappa shape index (κ3) is 2.92. The summed E-state index contributed by atoms with van der Waals surface area (Å²) in [6.07, 6.45) is 0. The molecule has 0 saturated heterocycles. The highest BCUT2D eigenvalue weighted by Crippen LogP contribution is 2.38. The lowest BCUT2D eigenvalue weighted by Crippen LogP contribution is -2.25. The van der Waals surface area contributed by atoms with Gasteiger partial charge in [0.1, 0.15) is 11.5 Å². The molecule has 0 aliphatic carbocycles. The largest absolute Gasteiger partial charge is 0.481 e. The molecule has 2 N–H and O–H groups in total. The molecule has 13 heteroatoms. The quantitative estimate of drug-likeness (QED) is 0.450. The molecule has 0 radical (unpaired) electrons. The highest BCUT2D eigenvalue weighted by atomic mass is 19.2. The zero-order valence-electron chi connectivity index (χ0n) is 12.7. The van der Waals surface area contributed by atoms with Crippen LogP contribution in [0.15, 0.2) is 0 Å². The van der Waals surface area contributed by atoms with Gasteiger partial charge in [0.05, 0.1) is 0 Å². The monoisotopic (exact) mass is 418 g/mol. The fourth-order valence-corrected chi connectivity index (χ4v) is 2.40. The van der Waals surface area contributed by atoms with Crippen molar-refractivity contribution in [3.8, 4) is 0 Å². The van der Waals surface area contributed by atoms with E-state index < -0.39 is 86.9 Å². The Morgan fingerprint density at radius 2 is 0.857 bits per heavy atom. The van der Waals surface area contributed by atoms with Gasteiger partial charge in [0.15, 0.2) is 46.5 Å². The zero-order chi connectivity index (χ0) is 21.7. The average Bonchev–Trinajstić information content (AvgIpc) is 2.62. The molecule has 150 valence electrons. The summed E-state index contributed by atoms with van der Waals surface area (Å²) in [4.78, 5) is 22.5. The Bertz CT molecular complexity index is 1010. The van der Waals surface area contributed by atoms with E-state index in [2.05, 4.69) is 0 Å². The van der Waals surface area contributed by atoms with Gasteiger partial charge in [-0.25, -0.2) is 44.3 Å². The van der Waals surface area contributed by atoms with Crippen molar-refractivity contribution in [2.75, 3.05) is 0 Å². The van der Waals surface area contributed by atoms with E-state index in [1.807, 2.05) is 0 Å². The molecule has 0 bridgehead atoms. The third-order valence-electron chi connectivity index (χ3n) is 3.59. The normalized spacial score (nSPS) is 12.2. The highest BCUT2D eigenvalue weighted by Gasteiger charge is 2.42. The van der Waals surface area contributed by atoms with Gasteiger partial charge >= 0.3 is 11.9 Å². The van der Waals surface area contributed by atoms with E-state index in [-0.39, 0.29) is 0 Å². The van der Waals surface area contributed by atoms with Crippen LogP contribution in [0, 0.1) is 52.4 Å². The van der Waals surface area contributed by atoms with Gasteiger partial charge < -0.3 is 10.2 Å². The number of benzene rings is 2. The molecule has 0 aliphatic rings. The second-order valence-corrected chi connectivity index (χ2v) is 5.10. The summed E-state index contributed by atoms with van der Waals surface area (Å²) < 4.78 is 122. The van der Waals surface area contributed by atoms with Crippen LogP contribution in [-0.4, -0.2) is 22.2 Å². The number of carbonyl (C=O) groups is 2. The van der Waals surface area contributed by atoms with Gasteiger partial charge in [0.25, 0.3) is 0 Å². The molecule has 2 aromatic rings. The number of aliphatic carboxylic acids is 1. The molecule has 0 saturated carbocycles. The summed E-state index contributed by atoms with van der Waals surface area (Å²) in [6.45, 7) is 0. The summed E-state index contributed by atoms with van der Waals surface area (Å²) in [5.41, 5.74) is -6.72. The molecular weight excluding hydrogens is 415 g/mol. The Morgan fingerprint density at radius 1 is 0.536 bits per heavy atom. The van der Waals surface area contributed by atoms with Crippen LogP contribution in [-0.2, 0) is 4.79 Å². The van der Waals surface area contributed by atoms with E-state index in [0.29, 0.717) is 0 Å². The van der Waals surface area contributed by atoms with Gasteiger partial charge in [-0.15, -0.1) is 0 Å². The summed E-state index contributed by atoms with van der Waals surface area (Å²) in [5.74, 6) is -33.3. The Hall–Kier alpha value is -3.25. The number of carboxylic acids is 2. The first-order valence-electron chi connectivity index (χ1n) is 6.67. The first-order valence-corrected chi connectivity index (χ1v) is 6.67. The van der Waals surface area contributed by atoms with Gasteiger partial charge in [-0.05, 0) is 0 Å². The average molecular weight is 418 g/mol. The molecule has 28 heavy (non-hydrogen) atoms. The molecule has 1 unspecified atom stereocenters. The molecule has 1 atom stereocenters. The van der Waals surface area contributed by atoms with Crippen LogP contribution in [0.3, 0.4) is 0 Å². The topological polar surface area (TPSA) is 74.6 Å². The fraction of sp³-hybridized carbons (Fsp3) is 0.0667. The van der Waals surface area contributed by atoms with Crippen molar-refractivity contribution in [3.63, 3.8) is 0 Å². The van der Waals surface area contributed by atoms with Crippen molar-refractivity contribution in [3.05, 3.63) is 69.0 Å². The van der Waals surface area contributed by atoms with Crippen LogP contribution in [0.2, 0.25) is 0 Å². The molecule has 0 aliphatic heterocycles. The lowest BCUT2D eigenvalue weighted by Gasteiger charge is -2.19. The second kappa shape index (κ2) is 7.05. The number of halogens is 9. The van der Waals surface area contributed by atoms with Crippen LogP contribution in [0.5, 0.6) is 0 Å². The minimum Gasteiger partial charge on any atom is -0.481 e. The van der Waals surface area contributed by atoms with Crippen molar-refractivity contribution < 1.29 is 59.3 Å². The third-order valence-corrected chi connectivity index (χ3v) is 3.59.